The van der Waals surface area contributed by atoms with Crippen LogP contribution in [0.2, 0.25) is 0 Å². The summed E-state index contributed by atoms with van der Waals surface area (Å²) in [4.78, 5) is 0. The number of rotatable bonds is 4. The van der Waals surface area contributed by atoms with Crippen LogP contribution in [0.5, 0.6) is 0 Å². The molecule has 0 amide bonds. The third-order valence-electron chi connectivity index (χ3n) is 1.47. The molecule has 0 radical (unpaired) electrons. The Kier molecular flexibility index (Phi) is 3.99. The maximum absolute atomic E-state index is 10.8. The van der Waals surface area contributed by atoms with Crippen LogP contribution in [0.1, 0.15) is 13.3 Å². The van der Waals surface area contributed by atoms with E-state index in [-0.39, 0.29) is 6.04 Å². The molecule has 5 heteroatoms. The summed E-state index contributed by atoms with van der Waals surface area (Å²) in [5.41, 5.74) is 5.46. The minimum atomic E-state index is -3.02. The van der Waals surface area contributed by atoms with Crippen LogP contribution in [-0.4, -0.2) is 38.6 Å². The minimum Gasteiger partial charge on any atom is -0.328 e. The topological polar surface area (TPSA) is 63.4 Å². The molecular formula is C6H16N2O2S. The fourth-order valence-corrected chi connectivity index (χ4v) is 0.988. The van der Waals surface area contributed by atoms with Crippen molar-refractivity contribution in [3.05, 3.63) is 0 Å². The normalized spacial score (nSPS) is 15.4. The molecule has 2 N–H and O–H groups in total. The fraction of sp³-hybridized carbons (Fsp3) is 1.00. The Labute approximate surface area is 68.4 Å². The molecule has 0 aromatic rings. The molecule has 0 aliphatic carbocycles. The largest absolute Gasteiger partial charge is 0.328 e. The highest BCUT2D eigenvalue weighted by Gasteiger charge is 2.10. The van der Waals surface area contributed by atoms with Gasteiger partial charge in [0.05, 0.1) is 6.26 Å². The average Bonchev–Trinajstić information content (AvgIpc) is 1.80. The van der Waals surface area contributed by atoms with E-state index in [1.165, 1.54) is 10.6 Å². The van der Waals surface area contributed by atoms with Gasteiger partial charge in [-0.2, -0.15) is 0 Å². The lowest BCUT2D eigenvalue weighted by molar-refractivity contribution is 0.450. The van der Waals surface area contributed by atoms with E-state index in [0.717, 1.165) is 0 Å². The second-order valence-electron chi connectivity index (χ2n) is 2.85. The number of sulfonamides is 1. The molecule has 0 bridgehead atoms. The van der Waals surface area contributed by atoms with Crippen LogP contribution in [0.4, 0.5) is 0 Å². The summed E-state index contributed by atoms with van der Waals surface area (Å²) < 4.78 is 23.0. The van der Waals surface area contributed by atoms with Crippen molar-refractivity contribution in [2.45, 2.75) is 19.4 Å². The second-order valence-corrected chi connectivity index (χ2v) is 4.94. The third-order valence-corrected chi connectivity index (χ3v) is 2.78. The molecule has 68 valence electrons. The van der Waals surface area contributed by atoms with Gasteiger partial charge in [0.1, 0.15) is 0 Å². The van der Waals surface area contributed by atoms with E-state index in [2.05, 4.69) is 0 Å². The van der Waals surface area contributed by atoms with Gasteiger partial charge in [0.15, 0.2) is 0 Å². The summed E-state index contributed by atoms with van der Waals surface area (Å²) in [5, 5.41) is 0. The van der Waals surface area contributed by atoms with Crippen molar-refractivity contribution in [2.75, 3.05) is 19.8 Å². The van der Waals surface area contributed by atoms with Crippen LogP contribution < -0.4 is 5.73 Å². The Balaban J connectivity index is 3.81. The van der Waals surface area contributed by atoms with E-state index in [0.29, 0.717) is 13.0 Å². The standard InChI is InChI=1S/C6H16N2O2S/c1-6(7)4-5-8(2)11(3,9)10/h6H,4-5,7H2,1-3H3/t6-/m1/s1. The Morgan fingerprint density at radius 3 is 2.27 bits per heavy atom. The van der Waals surface area contributed by atoms with E-state index >= 15 is 0 Å². The van der Waals surface area contributed by atoms with E-state index in [4.69, 9.17) is 5.73 Å². The lowest BCUT2D eigenvalue weighted by atomic mass is 10.2. The number of hydrogen-bond acceptors (Lipinski definition) is 3. The number of nitrogens with zero attached hydrogens (tertiary/aromatic N) is 1. The highest BCUT2D eigenvalue weighted by molar-refractivity contribution is 7.88. The van der Waals surface area contributed by atoms with Gasteiger partial charge in [-0.15, -0.1) is 0 Å². The third kappa shape index (κ3) is 5.17. The zero-order chi connectivity index (χ0) is 9.07. The van der Waals surface area contributed by atoms with Crippen LogP contribution >= 0.6 is 0 Å². The van der Waals surface area contributed by atoms with Gasteiger partial charge in [-0.05, 0) is 13.3 Å². The SMILES string of the molecule is C[C@@H](N)CCN(C)S(C)(=O)=O. The van der Waals surface area contributed by atoms with Gasteiger partial charge in [-0.1, -0.05) is 0 Å². The molecule has 1 atom stereocenters. The molecular weight excluding hydrogens is 164 g/mol. The predicted molar refractivity (Wildman–Crippen MR) is 45.7 cm³/mol. The van der Waals surface area contributed by atoms with Crippen molar-refractivity contribution in [1.82, 2.24) is 4.31 Å². The predicted octanol–water partition coefficient (Wildman–Crippen LogP) is -0.385. The van der Waals surface area contributed by atoms with Gasteiger partial charge in [0.25, 0.3) is 0 Å². The van der Waals surface area contributed by atoms with Crippen molar-refractivity contribution in [3.8, 4) is 0 Å². The van der Waals surface area contributed by atoms with Gasteiger partial charge >= 0.3 is 0 Å². The zero-order valence-corrected chi connectivity index (χ0v) is 8.06. The van der Waals surface area contributed by atoms with Crippen molar-refractivity contribution >= 4 is 10.0 Å². The minimum absolute atomic E-state index is 0.0548. The number of hydrogen-bond donors (Lipinski definition) is 1. The fourth-order valence-electron chi connectivity index (χ4n) is 0.551. The summed E-state index contributed by atoms with van der Waals surface area (Å²) in [6.45, 7) is 2.35. The zero-order valence-electron chi connectivity index (χ0n) is 7.24. The summed E-state index contributed by atoms with van der Waals surface area (Å²) in [6, 6.07) is 0.0548. The molecule has 0 saturated carbocycles. The maximum Gasteiger partial charge on any atom is 0.210 e. The first-order valence-corrected chi connectivity index (χ1v) is 5.35. The first kappa shape index (κ1) is 10.9. The molecule has 0 fully saturated rings. The van der Waals surface area contributed by atoms with E-state index < -0.39 is 10.0 Å². The Hall–Kier alpha value is -0.130. The van der Waals surface area contributed by atoms with Crippen LogP contribution in [-0.2, 0) is 10.0 Å². The summed E-state index contributed by atoms with van der Waals surface area (Å²) in [6.07, 6.45) is 1.89. The van der Waals surface area contributed by atoms with E-state index in [9.17, 15) is 8.42 Å². The molecule has 0 aromatic carbocycles. The first-order valence-electron chi connectivity index (χ1n) is 3.51. The number of nitrogens with two attached hydrogens (primary N) is 1. The smallest absolute Gasteiger partial charge is 0.210 e. The molecule has 0 spiro atoms. The van der Waals surface area contributed by atoms with Gasteiger partial charge in [-0.3, -0.25) is 0 Å². The molecule has 4 nitrogen and oxygen atoms in total. The van der Waals surface area contributed by atoms with Crippen molar-refractivity contribution in [2.24, 2.45) is 5.73 Å². The molecule has 0 aliphatic rings. The average molecular weight is 180 g/mol. The van der Waals surface area contributed by atoms with Crippen molar-refractivity contribution in [3.63, 3.8) is 0 Å². The van der Waals surface area contributed by atoms with Gasteiger partial charge in [0, 0.05) is 19.6 Å². The molecule has 11 heavy (non-hydrogen) atoms. The molecule has 0 rings (SSSR count). The first-order chi connectivity index (χ1) is 4.84. The summed E-state index contributed by atoms with van der Waals surface area (Å²) >= 11 is 0. The molecule has 0 aromatic heterocycles. The van der Waals surface area contributed by atoms with Crippen LogP contribution in [0.25, 0.3) is 0 Å². The molecule has 0 saturated heterocycles. The highest BCUT2D eigenvalue weighted by Crippen LogP contribution is 1.96. The quantitative estimate of drug-likeness (QED) is 0.641. The van der Waals surface area contributed by atoms with Crippen LogP contribution in [0, 0.1) is 0 Å². The Bertz CT molecular complexity index is 199. The van der Waals surface area contributed by atoms with Gasteiger partial charge in [0.2, 0.25) is 10.0 Å². The van der Waals surface area contributed by atoms with E-state index in [1.807, 2.05) is 6.92 Å². The van der Waals surface area contributed by atoms with Crippen molar-refractivity contribution in [1.29, 1.82) is 0 Å². The Morgan fingerprint density at radius 1 is 1.55 bits per heavy atom. The maximum atomic E-state index is 10.8. The monoisotopic (exact) mass is 180 g/mol. The molecule has 0 heterocycles. The summed E-state index contributed by atoms with van der Waals surface area (Å²) in [7, 11) is -1.47. The lowest BCUT2D eigenvalue weighted by Crippen LogP contribution is -2.30. The second kappa shape index (κ2) is 4.04. The molecule has 0 unspecified atom stereocenters. The van der Waals surface area contributed by atoms with Crippen LogP contribution in [0.15, 0.2) is 0 Å². The lowest BCUT2D eigenvalue weighted by Gasteiger charge is -2.14. The van der Waals surface area contributed by atoms with Gasteiger partial charge in [-0.25, -0.2) is 12.7 Å². The molecule has 0 aliphatic heterocycles. The van der Waals surface area contributed by atoms with Crippen LogP contribution in [0.3, 0.4) is 0 Å². The van der Waals surface area contributed by atoms with Gasteiger partial charge < -0.3 is 5.73 Å². The highest BCUT2D eigenvalue weighted by atomic mass is 32.2. The van der Waals surface area contributed by atoms with Crippen molar-refractivity contribution < 1.29 is 8.42 Å². The Morgan fingerprint density at radius 2 is 2.00 bits per heavy atom. The van der Waals surface area contributed by atoms with E-state index in [1.54, 1.807) is 7.05 Å². The summed E-state index contributed by atoms with van der Waals surface area (Å²) in [5.74, 6) is 0.